The van der Waals surface area contributed by atoms with Gasteiger partial charge in [0.05, 0.1) is 0 Å². The van der Waals surface area contributed by atoms with Gasteiger partial charge in [-0.2, -0.15) is 0 Å². The smallest absolute Gasteiger partial charge is 0.126 e. The first kappa shape index (κ1) is 12.9. The SMILES string of the molecule is Cc1cccc(Br)c1-c1nnc(-c2ccccc2)nn1. The number of halogens is 1. The van der Waals surface area contributed by atoms with Gasteiger partial charge >= 0.3 is 0 Å². The third-order valence-corrected chi connectivity index (χ3v) is 3.62. The second-order valence-corrected chi connectivity index (χ2v) is 5.20. The summed E-state index contributed by atoms with van der Waals surface area (Å²) in [5.41, 5.74) is 2.91. The number of benzene rings is 2. The zero-order valence-electron chi connectivity index (χ0n) is 10.8. The van der Waals surface area contributed by atoms with E-state index in [-0.39, 0.29) is 0 Å². The molecule has 0 radical (unpaired) electrons. The molecular weight excluding hydrogens is 316 g/mol. The lowest BCUT2D eigenvalue weighted by molar-refractivity contribution is 0.874. The van der Waals surface area contributed by atoms with Crippen LogP contribution in [0.3, 0.4) is 0 Å². The van der Waals surface area contributed by atoms with E-state index in [4.69, 9.17) is 0 Å². The predicted octanol–water partition coefficient (Wildman–Crippen LogP) is 3.67. The van der Waals surface area contributed by atoms with E-state index in [1.165, 1.54) is 0 Å². The third kappa shape index (κ3) is 2.44. The number of aromatic nitrogens is 4. The van der Waals surface area contributed by atoms with Crippen molar-refractivity contribution in [2.24, 2.45) is 0 Å². The molecule has 4 nitrogen and oxygen atoms in total. The summed E-state index contributed by atoms with van der Waals surface area (Å²) in [6, 6.07) is 15.6. The number of nitrogens with zero attached hydrogens (tertiary/aromatic N) is 4. The summed E-state index contributed by atoms with van der Waals surface area (Å²) in [6.45, 7) is 2.01. The van der Waals surface area contributed by atoms with Crippen LogP contribution in [0.1, 0.15) is 5.56 Å². The topological polar surface area (TPSA) is 51.6 Å². The van der Waals surface area contributed by atoms with Crippen LogP contribution in [0.4, 0.5) is 0 Å². The first-order valence-corrected chi connectivity index (χ1v) is 6.93. The van der Waals surface area contributed by atoms with Crippen molar-refractivity contribution in [2.45, 2.75) is 6.92 Å². The monoisotopic (exact) mass is 326 g/mol. The standard InChI is InChI=1S/C15H11BrN4/c1-10-6-5-9-12(16)13(10)15-19-17-14(18-20-15)11-7-3-2-4-8-11/h2-9H,1H3. The Morgan fingerprint density at radius 1 is 0.750 bits per heavy atom. The van der Waals surface area contributed by atoms with E-state index < -0.39 is 0 Å². The molecule has 0 fully saturated rings. The Balaban J connectivity index is 2.02. The van der Waals surface area contributed by atoms with Gasteiger partial charge in [0.25, 0.3) is 0 Å². The lowest BCUT2D eigenvalue weighted by Crippen LogP contribution is -2.00. The highest BCUT2D eigenvalue weighted by Crippen LogP contribution is 2.28. The Kier molecular flexibility index (Phi) is 3.52. The summed E-state index contributed by atoms with van der Waals surface area (Å²) < 4.78 is 0.938. The number of aryl methyl sites for hydroxylation is 1. The molecule has 0 aliphatic heterocycles. The molecule has 1 heterocycles. The summed E-state index contributed by atoms with van der Waals surface area (Å²) >= 11 is 3.51. The van der Waals surface area contributed by atoms with Gasteiger partial charge in [0.2, 0.25) is 11.6 Å². The predicted molar refractivity (Wildman–Crippen MR) is 80.9 cm³/mol. The molecule has 0 saturated carbocycles. The molecule has 0 N–H and O–H groups in total. The highest BCUT2D eigenvalue weighted by Gasteiger charge is 2.11. The van der Waals surface area contributed by atoms with Crippen LogP contribution in [0, 0.1) is 6.92 Å². The van der Waals surface area contributed by atoms with Gasteiger partial charge in [0.1, 0.15) is 0 Å². The Hall–Kier alpha value is -2.14. The fourth-order valence-corrected chi connectivity index (χ4v) is 2.59. The van der Waals surface area contributed by atoms with Crippen molar-refractivity contribution >= 4 is 15.9 Å². The maximum absolute atomic E-state index is 4.19. The maximum Gasteiger partial charge on any atom is 0.205 e. The van der Waals surface area contributed by atoms with Crippen LogP contribution in [0.25, 0.3) is 22.8 Å². The normalized spacial score (nSPS) is 10.5. The van der Waals surface area contributed by atoms with Gasteiger partial charge < -0.3 is 0 Å². The van der Waals surface area contributed by atoms with Gasteiger partial charge in [-0.25, -0.2) is 0 Å². The van der Waals surface area contributed by atoms with Crippen LogP contribution < -0.4 is 0 Å². The molecule has 0 amide bonds. The summed E-state index contributed by atoms with van der Waals surface area (Å²) in [6.07, 6.45) is 0. The first-order valence-electron chi connectivity index (χ1n) is 6.14. The summed E-state index contributed by atoms with van der Waals surface area (Å²) in [5, 5.41) is 16.7. The van der Waals surface area contributed by atoms with Crippen LogP contribution >= 0.6 is 15.9 Å². The minimum Gasteiger partial charge on any atom is -0.126 e. The van der Waals surface area contributed by atoms with Gasteiger partial charge in [-0.15, -0.1) is 20.4 Å². The van der Waals surface area contributed by atoms with Crippen molar-refractivity contribution in [3.05, 3.63) is 58.6 Å². The average molecular weight is 327 g/mol. The maximum atomic E-state index is 4.19. The van der Waals surface area contributed by atoms with Gasteiger partial charge in [-0.3, -0.25) is 0 Å². The molecule has 0 spiro atoms. The van der Waals surface area contributed by atoms with E-state index in [9.17, 15) is 0 Å². The second kappa shape index (κ2) is 5.46. The molecule has 1 aromatic heterocycles. The molecule has 5 heteroatoms. The summed E-state index contributed by atoms with van der Waals surface area (Å²) in [7, 11) is 0. The zero-order chi connectivity index (χ0) is 13.9. The van der Waals surface area contributed by atoms with Crippen molar-refractivity contribution in [1.82, 2.24) is 20.4 Å². The molecule has 0 bridgehead atoms. The van der Waals surface area contributed by atoms with Crippen molar-refractivity contribution in [3.63, 3.8) is 0 Å². The van der Waals surface area contributed by atoms with Crippen LogP contribution in [0.15, 0.2) is 53.0 Å². The highest BCUT2D eigenvalue weighted by molar-refractivity contribution is 9.10. The Morgan fingerprint density at radius 2 is 1.40 bits per heavy atom. The highest BCUT2D eigenvalue weighted by atomic mass is 79.9. The first-order chi connectivity index (χ1) is 9.75. The fourth-order valence-electron chi connectivity index (χ4n) is 1.95. The molecule has 0 aliphatic rings. The molecular formula is C15H11BrN4. The molecule has 3 aromatic rings. The summed E-state index contributed by atoms with van der Waals surface area (Å²) in [4.78, 5) is 0. The van der Waals surface area contributed by atoms with Gasteiger partial charge in [-0.1, -0.05) is 58.4 Å². The Bertz CT molecular complexity index is 706. The van der Waals surface area contributed by atoms with Crippen molar-refractivity contribution in [1.29, 1.82) is 0 Å². The van der Waals surface area contributed by atoms with E-state index in [1.807, 2.05) is 55.5 Å². The van der Waals surface area contributed by atoms with Crippen LogP contribution in [-0.4, -0.2) is 20.4 Å². The second-order valence-electron chi connectivity index (χ2n) is 4.34. The molecule has 0 atom stereocenters. The third-order valence-electron chi connectivity index (χ3n) is 2.96. The lowest BCUT2D eigenvalue weighted by Gasteiger charge is -2.06. The molecule has 0 aliphatic carbocycles. The van der Waals surface area contributed by atoms with Crippen molar-refractivity contribution in [3.8, 4) is 22.8 Å². The molecule has 20 heavy (non-hydrogen) atoms. The minimum absolute atomic E-state index is 0.523. The van der Waals surface area contributed by atoms with E-state index in [2.05, 4.69) is 36.3 Å². The van der Waals surface area contributed by atoms with Crippen molar-refractivity contribution in [2.75, 3.05) is 0 Å². The lowest BCUT2D eigenvalue weighted by atomic mass is 10.1. The van der Waals surface area contributed by atoms with Crippen molar-refractivity contribution < 1.29 is 0 Å². The number of rotatable bonds is 2. The summed E-state index contributed by atoms with van der Waals surface area (Å²) in [5.74, 6) is 1.05. The molecule has 0 unspecified atom stereocenters. The van der Waals surface area contributed by atoms with Gasteiger partial charge in [-0.05, 0) is 18.6 Å². The van der Waals surface area contributed by atoms with E-state index in [0.717, 1.165) is 21.2 Å². The molecule has 98 valence electrons. The van der Waals surface area contributed by atoms with Crippen LogP contribution in [-0.2, 0) is 0 Å². The quantitative estimate of drug-likeness (QED) is 0.721. The molecule has 3 rings (SSSR count). The van der Waals surface area contributed by atoms with E-state index in [0.29, 0.717) is 11.6 Å². The Morgan fingerprint density at radius 3 is 2.05 bits per heavy atom. The van der Waals surface area contributed by atoms with E-state index >= 15 is 0 Å². The van der Waals surface area contributed by atoms with Crippen LogP contribution in [0.5, 0.6) is 0 Å². The van der Waals surface area contributed by atoms with Crippen LogP contribution in [0.2, 0.25) is 0 Å². The fraction of sp³-hybridized carbons (Fsp3) is 0.0667. The minimum atomic E-state index is 0.523. The molecule has 2 aromatic carbocycles. The van der Waals surface area contributed by atoms with E-state index in [1.54, 1.807) is 0 Å². The largest absolute Gasteiger partial charge is 0.205 e. The number of hydrogen-bond acceptors (Lipinski definition) is 4. The Labute approximate surface area is 125 Å². The van der Waals surface area contributed by atoms with Gasteiger partial charge in [0.15, 0.2) is 0 Å². The van der Waals surface area contributed by atoms with Gasteiger partial charge in [0, 0.05) is 15.6 Å². The average Bonchev–Trinajstić information content (AvgIpc) is 2.49. The number of hydrogen-bond donors (Lipinski definition) is 0. The molecule has 0 saturated heterocycles. The zero-order valence-corrected chi connectivity index (χ0v) is 12.4.